The Labute approximate surface area is 170 Å². The zero-order chi connectivity index (χ0) is 20.6. The van der Waals surface area contributed by atoms with Crippen molar-refractivity contribution in [2.45, 2.75) is 20.4 Å². The highest BCUT2D eigenvalue weighted by atomic mass is 32.2. The lowest BCUT2D eigenvalue weighted by molar-refractivity contribution is 0.0684. The number of hydrogen-bond donors (Lipinski definition) is 0. The molecule has 8 nitrogen and oxygen atoms in total. The fourth-order valence-electron chi connectivity index (χ4n) is 3.91. The van der Waals surface area contributed by atoms with Gasteiger partial charge in [-0.15, -0.1) is 0 Å². The third-order valence-electron chi connectivity index (χ3n) is 5.79. The van der Waals surface area contributed by atoms with E-state index in [1.807, 2.05) is 19.9 Å². The minimum absolute atomic E-state index is 0.357. The maximum absolute atomic E-state index is 12.8. The topological polar surface area (TPSA) is 83.3 Å². The average Bonchev–Trinajstić information content (AvgIpc) is 2.70. The van der Waals surface area contributed by atoms with Crippen molar-refractivity contribution in [1.82, 2.24) is 13.5 Å². The molecule has 2 saturated heterocycles. The van der Waals surface area contributed by atoms with E-state index >= 15 is 0 Å². The van der Waals surface area contributed by atoms with Crippen LogP contribution in [0.1, 0.15) is 16.7 Å². The molecule has 0 aliphatic carbocycles. The van der Waals surface area contributed by atoms with Crippen molar-refractivity contribution in [2.24, 2.45) is 0 Å². The molecule has 0 spiro atoms. The Kier molecular flexibility index (Phi) is 5.76. The van der Waals surface area contributed by atoms with Gasteiger partial charge in [0.15, 0.2) is 0 Å². The van der Waals surface area contributed by atoms with Crippen molar-refractivity contribution in [2.75, 3.05) is 52.5 Å². The first-order chi connectivity index (χ1) is 13.8. The molecule has 1 aromatic heterocycles. The molecule has 2 aliphatic heterocycles. The van der Waals surface area contributed by atoms with Gasteiger partial charge in [0, 0.05) is 57.3 Å². The van der Waals surface area contributed by atoms with Gasteiger partial charge < -0.3 is 9.15 Å². The Morgan fingerprint density at radius 1 is 0.897 bits per heavy atom. The number of nitrogens with zero attached hydrogens (tertiary/aromatic N) is 3. The van der Waals surface area contributed by atoms with E-state index in [0.29, 0.717) is 64.6 Å². The smallest absolute Gasteiger partial charge is 0.336 e. The Hall–Kier alpha value is -1.78. The Bertz CT molecular complexity index is 1050. The summed E-state index contributed by atoms with van der Waals surface area (Å²) in [5.41, 5.74) is 3.39. The SMILES string of the molecule is Cc1cc2oc(=O)cc(CN3CCN(S(=O)(=O)N4CCOCC4)CC3)c2cc1C. The zero-order valence-electron chi connectivity index (χ0n) is 16.9. The van der Waals surface area contributed by atoms with Crippen molar-refractivity contribution in [3.05, 3.63) is 45.3 Å². The summed E-state index contributed by atoms with van der Waals surface area (Å²) in [5.74, 6) is 0. The van der Waals surface area contributed by atoms with Gasteiger partial charge in [-0.25, -0.2) is 4.79 Å². The van der Waals surface area contributed by atoms with Gasteiger partial charge in [-0.05, 0) is 42.7 Å². The molecule has 0 radical (unpaired) electrons. The third kappa shape index (κ3) is 4.24. The number of fused-ring (bicyclic) bond motifs is 1. The molecule has 0 bridgehead atoms. The number of rotatable bonds is 4. The Morgan fingerprint density at radius 3 is 2.21 bits per heavy atom. The summed E-state index contributed by atoms with van der Waals surface area (Å²) in [5, 5.41) is 0.941. The van der Waals surface area contributed by atoms with Crippen LogP contribution >= 0.6 is 0 Å². The highest BCUT2D eigenvalue weighted by molar-refractivity contribution is 7.86. The van der Waals surface area contributed by atoms with E-state index in [1.54, 1.807) is 10.4 Å². The molecule has 3 heterocycles. The minimum Gasteiger partial charge on any atom is -0.423 e. The van der Waals surface area contributed by atoms with E-state index in [0.717, 1.165) is 22.1 Å². The average molecular weight is 422 g/mol. The minimum atomic E-state index is -3.44. The maximum Gasteiger partial charge on any atom is 0.336 e. The van der Waals surface area contributed by atoms with E-state index in [2.05, 4.69) is 11.0 Å². The van der Waals surface area contributed by atoms with Crippen LogP contribution in [0.3, 0.4) is 0 Å². The number of aryl methyl sites for hydroxylation is 2. The van der Waals surface area contributed by atoms with E-state index in [1.165, 1.54) is 4.31 Å². The van der Waals surface area contributed by atoms with Crippen LogP contribution in [0.2, 0.25) is 0 Å². The molecular weight excluding hydrogens is 394 g/mol. The van der Waals surface area contributed by atoms with Gasteiger partial charge in [0.2, 0.25) is 0 Å². The predicted octanol–water partition coefficient (Wildman–Crippen LogP) is 1.10. The van der Waals surface area contributed by atoms with Crippen molar-refractivity contribution in [1.29, 1.82) is 0 Å². The number of morpholine rings is 1. The van der Waals surface area contributed by atoms with E-state index < -0.39 is 10.2 Å². The van der Waals surface area contributed by atoms with Crippen LogP contribution in [0.25, 0.3) is 11.0 Å². The summed E-state index contributed by atoms with van der Waals surface area (Å²) in [6.07, 6.45) is 0. The van der Waals surface area contributed by atoms with Gasteiger partial charge in [0.25, 0.3) is 10.2 Å². The number of ether oxygens (including phenoxy) is 1. The van der Waals surface area contributed by atoms with Crippen LogP contribution < -0.4 is 5.63 Å². The molecule has 0 unspecified atom stereocenters. The molecule has 9 heteroatoms. The van der Waals surface area contributed by atoms with Gasteiger partial charge in [0.05, 0.1) is 13.2 Å². The first-order valence-electron chi connectivity index (χ1n) is 9.94. The molecule has 0 N–H and O–H groups in total. The van der Waals surface area contributed by atoms with Crippen molar-refractivity contribution < 1.29 is 17.6 Å². The molecule has 0 amide bonds. The van der Waals surface area contributed by atoms with Crippen LogP contribution in [0.5, 0.6) is 0 Å². The van der Waals surface area contributed by atoms with E-state index in [-0.39, 0.29) is 5.63 Å². The Morgan fingerprint density at radius 2 is 1.52 bits per heavy atom. The molecule has 29 heavy (non-hydrogen) atoms. The lowest BCUT2D eigenvalue weighted by atomic mass is 10.0. The second kappa shape index (κ2) is 8.16. The number of benzene rings is 1. The second-order valence-electron chi connectivity index (χ2n) is 7.72. The van der Waals surface area contributed by atoms with Gasteiger partial charge in [-0.2, -0.15) is 17.0 Å². The number of hydrogen-bond acceptors (Lipinski definition) is 6. The molecule has 4 rings (SSSR count). The normalized spacial score (nSPS) is 20.3. The highest BCUT2D eigenvalue weighted by Crippen LogP contribution is 2.23. The molecule has 2 fully saturated rings. The van der Waals surface area contributed by atoms with Gasteiger partial charge in [0.1, 0.15) is 5.58 Å². The molecule has 2 aromatic rings. The summed E-state index contributed by atoms with van der Waals surface area (Å²) in [6, 6.07) is 5.51. The van der Waals surface area contributed by atoms with Crippen molar-refractivity contribution >= 4 is 21.2 Å². The molecule has 2 aliphatic rings. The summed E-state index contributed by atoms with van der Waals surface area (Å²) < 4.78 is 39.3. The van der Waals surface area contributed by atoms with Gasteiger partial charge >= 0.3 is 5.63 Å². The highest BCUT2D eigenvalue weighted by Gasteiger charge is 2.33. The summed E-state index contributed by atoms with van der Waals surface area (Å²) >= 11 is 0. The molecule has 0 saturated carbocycles. The van der Waals surface area contributed by atoms with Crippen LogP contribution in [-0.4, -0.2) is 74.4 Å². The zero-order valence-corrected chi connectivity index (χ0v) is 17.7. The van der Waals surface area contributed by atoms with Crippen LogP contribution in [0.15, 0.2) is 27.4 Å². The predicted molar refractivity (Wildman–Crippen MR) is 110 cm³/mol. The number of piperazine rings is 1. The Balaban J connectivity index is 1.47. The second-order valence-corrected chi connectivity index (χ2v) is 9.65. The third-order valence-corrected chi connectivity index (χ3v) is 7.83. The quantitative estimate of drug-likeness (QED) is 0.688. The summed E-state index contributed by atoms with van der Waals surface area (Å²) in [7, 11) is -3.44. The molecule has 1 aromatic carbocycles. The first-order valence-corrected chi connectivity index (χ1v) is 11.3. The monoisotopic (exact) mass is 421 g/mol. The van der Waals surface area contributed by atoms with Crippen molar-refractivity contribution in [3.63, 3.8) is 0 Å². The summed E-state index contributed by atoms with van der Waals surface area (Å²) in [6.45, 7) is 8.47. The van der Waals surface area contributed by atoms with Crippen LogP contribution in [-0.2, 0) is 21.5 Å². The fraction of sp³-hybridized carbons (Fsp3) is 0.550. The molecule has 158 valence electrons. The van der Waals surface area contributed by atoms with Crippen LogP contribution in [0, 0.1) is 13.8 Å². The lowest BCUT2D eigenvalue weighted by Crippen LogP contribution is -2.54. The largest absolute Gasteiger partial charge is 0.423 e. The standard InChI is InChI=1S/C20H27N3O5S/c1-15-11-18-17(13-20(24)28-19(18)12-16(15)2)14-21-3-5-22(6-4-21)29(25,26)23-7-9-27-10-8-23/h11-13H,3-10,14H2,1-2H3. The van der Waals surface area contributed by atoms with Crippen molar-refractivity contribution in [3.8, 4) is 0 Å². The molecule has 0 atom stereocenters. The van der Waals surface area contributed by atoms with E-state index in [9.17, 15) is 13.2 Å². The van der Waals surface area contributed by atoms with Gasteiger partial charge in [-0.3, -0.25) is 4.90 Å². The van der Waals surface area contributed by atoms with E-state index in [4.69, 9.17) is 9.15 Å². The maximum atomic E-state index is 12.8. The lowest BCUT2D eigenvalue weighted by Gasteiger charge is -2.37. The summed E-state index contributed by atoms with van der Waals surface area (Å²) in [4.78, 5) is 14.2. The molecular formula is C20H27N3O5S. The van der Waals surface area contributed by atoms with Crippen LogP contribution in [0.4, 0.5) is 0 Å². The first kappa shape index (κ1) is 20.5. The van der Waals surface area contributed by atoms with Gasteiger partial charge in [-0.1, -0.05) is 0 Å². The fourth-order valence-corrected chi connectivity index (χ4v) is 5.48.